The summed E-state index contributed by atoms with van der Waals surface area (Å²) in [6.07, 6.45) is 3.26. The third kappa shape index (κ3) is 7.73. The summed E-state index contributed by atoms with van der Waals surface area (Å²) in [5.41, 5.74) is 0.510. The number of carbonyl (C=O) groups is 3. The molecule has 6 nitrogen and oxygen atoms in total. The first-order valence-electron chi connectivity index (χ1n) is 7.25. The minimum atomic E-state index is -0.749. The Balaban J connectivity index is 2.32. The van der Waals surface area contributed by atoms with Gasteiger partial charge in [0.25, 0.3) is 5.91 Å². The smallest absolute Gasteiger partial charge is 0.331 e. The van der Waals surface area contributed by atoms with E-state index in [1.165, 1.54) is 24.3 Å². The van der Waals surface area contributed by atoms with Crippen LogP contribution in [0.1, 0.15) is 18.9 Å². The molecule has 0 atom stereocenters. The topological polar surface area (TPSA) is 84.5 Å². The van der Waals surface area contributed by atoms with Gasteiger partial charge in [0.15, 0.2) is 6.61 Å². The van der Waals surface area contributed by atoms with Crippen LogP contribution in [0.5, 0.6) is 0 Å². The Bertz CT molecular complexity index is 635. The molecule has 0 bridgehead atoms. The molecule has 2 amide bonds. The molecule has 0 saturated carbocycles. The van der Waals surface area contributed by atoms with Crippen LogP contribution in [0.2, 0.25) is 5.02 Å². The van der Waals surface area contributed by atoms with Crippen molar-refractivity contribution in [1.82, 2.24) is 10.6 Å². The van der Waals surface area contributed by atoms with Crippen LogP contribution >= 0.6 is 11.6 Å². The highest BCUT2D eigenvalue weighted by Crippen LogP contribution is 2.16. The number of esters is 1. The third-order valence-electron chi connectivity index (χ3n) is 2.72. The molecule has 0 aliphatic heterocycles. The van der Waals surface area contributed by atoms with E-state index in [1.807, 2.05) is 6.92 Å². The molecule has 0 aliphatic rings. The first kappa shape index (κ1) is 19.6. The molecule has 130 valence electrons. The van der Waals surface area contributed by atoms with E-state index in [0.29, 0.717) is 12.1 Å². The summed E-state index contributed by atoms with van der Waals surface area (Å²) in [6, 6.07) is 3.96. The number of hydrogen-bond acceptors (Lipinski definition) is 4. The lowest BCUT2D eigenvalue weighted by atomic mass is 10.2. The molecule has 1 aromatic rings. The standard InChI is InChI=1S/C16H18ClFN2O4/c1-2-7-19-14(21)9-20-15(22)10-24-16(23)6-4-11-3-5-13(18)12(17)8-11/h3-6,8H,2,7,9-10H2,1H3,(H,19,21)(H,20,22)/b6-4+. The van der Waals surface area contributed by atoms with Gasteiger partial charge in [-0.3, -0.25) is 9.59 Å². The Morgan fingerprint density at radius 3 is 2.67 bits per heavy atom. The molecule has 0 spiro atoms. The lowest BCUT2D eigenvalue weighted by Crippen LogP contribution is -2.38. The van der Waals surface area contributed by atoms with Crippen LogP contribution in [0.4, 0.5) is 4.39 Å². The normalized spacial score (nSPS) is 10.5. The van der Waals surface area contributed by atoms with Crippen LogP contribution in [0.3, 0.4) is 0 Å². The van der Waals surface area contributed by atoms with Gasteiger partial charge >= 0.3 is 5.97 Å². The van der Waals surface area contributed by atoms with Crippen molar-refractivity contribution >= 4 is 35.5 Å². The number of amides is 2. The predicted octanol–water partition coefficient (Wildman–Crippen LogP) is 1.68. The molecule has 2 N–H and O–H groups in total. The van der Waals surface area contributed by atoms with E-state index in [2.05, 4.69) is 10.6 Å². The fraction of sp³-hybridized carbons (Fsp3) is 0.312. The van der Waals surface area contributed by atoms with Gasteiger partial charge in [0.05, 0.1) is 11.6 Å². The Labute approximate surface area is 144 Å². The number of hydrogen-bond donors (Lipinski definition) is 2. The summed E-state index contributed by atoms with van der Waals surface area (Å²) in [5.74, 6) is -2.21. The zero-order chi connectivity index (χ0) is 17.9. The SMILES string of the molecule is CCCNC(=O)CNC(=O)COC(=O)/C=C/c1ccc(F)c(Cl)c1. The van der Waals surface area contributed by atoms with Crippen LogP contribution < -0.4 is 10.6 Å². The van der Waals surface area contributed by atoms with Crippen LogP contribution in [0.15, 0.2) is 24.3 Å². The zero-order valence-electron chi connectivity index (χ0n) is 13.1. The maximum atomic E-state index is 13.0. The van der Waals surface area contributed by atoms with E-state index < -0.39 is 24.3 Å². The van der Waals surface area contributed by atoms with Crippen LogP contribution in [0.25, 0.3) is 6.08 Å². The molecule has 0 radical (unpaired) electrons. The maximum absolute atomic E-state index is 13.0. The fourth-order valence-electron chi connectivity index (χ4n) is 1.52. The molecule has 8 heteroatoms. The zero-order valence-corrected chi connectivity index (χ0v) is 13.9. The number of halogens is 2. The summed E-state index contributed by atoms with van der Waals surface area (Å²) in [5, 5.41) is 4.85. The highest BCUT2D eigenvalue weighted by atomic mass is 35.5. The van der Waals surface area contributed by atoms with Gasteiger partial charge < -0.3 is 15.4 Å². The minimum Gasteiger partial charge on any atom is -0.452 e. The number of benzene rings is 1. The van der Waals surface area contributed by atoms with Gasteiger partial charge in [-0.2, -0.15) is 0 Å². The van der Waals surface area contributed by atoms with Gasteiger partial charge in [0.1, 0.15) is 5.82 Å². The second kappa shape index (κ2) is 10.4. The third-order valence-corrected chi connectivity index (χ3v) is 3.01. The van der Waals surface area contributed by atoms with Crippen LogP contribution in [-0.4, -0.2) is 37.5 Å². The second-order valence-electron chi connectivity index (χ2n) is 4.74. The van der Waals surface area contributed by atoms with E-state index in [0.717, 1.165) is 12.5 Å². The van der Waals surface area contributed by atoms with Crippen molar-refractivity contribution in [2.24, 2.45) is 0 Å². The summed E-state index contributed by atoms with van der Waals surface area (Å²) in [7, 11) is 0. The van der Waals surface area contributed by atoms with Gasteiger partial charge in [-0.05, 0) is 30.2 Å². The van der Waals surface area contributed by atoms with Crippen molar-refractivity contribution in [1.29, 1.82) is 0 Å². The molecule has 0 aliphatic carbocycles. The summed E-state index contributed by atoms with van der Waals surface area (Å²) in [6.45, 7) is 1.75. The number of nitrogens with one attached hydrogen (secondary N) is 2. The van der Waals surface area contributed by atoms with Crippen molar-refractivity contribution < 1.29 is 23.5 Å². The molecule has 0 aromatic heterocycles. The monoisotopic (exact) mass is 356 g/mol. The molecular formula is C16H18ClFN2O4. The second-order valence-corrected chi connectivity index (χ2v) is 5.15. The first-order chi connectivity index (χ1) is 11.4. The fourth-order valence-corrected chi connectivity index (χ4v) is 1.71. The Hall–Kier alpha value is -2.41. The number of carbonyl (C=O) groups excluding carboxylic acids is 3. The van der Waals surface area contributed by atoms with Crippen LogP contribution in [0, 0.1) is 5.82 Å². The first-order valence-corrected chi connectivity index (χ1v) is 7.63. The van der Waals surface area contributed by atoms with Gasteiger partial charge in [-0.15, -0.1) is 0 Å². The summed E-state index contributed by atoms with van der Waals surface area (Å²) < 4.78 is 17.7. The highest BCUT2D eigenvalue weighted by Gasteiger charge is 2.07. The van der Waals surface area contributed by atoms with Crippen molar-refractivity contribution in [2.75, 3.05) is 19.7 Å². The van der Waals surface area contributed by atoms with Crippen molar-refractivity contribution in [3.8, 4) is 0 Å². The van der Waals surface area contributed by atoms with Gasteiger partial charge in [-0.1, -0.05) is 24.6 Å². The number of rotatable bonds is 8. The van der Waals surface area contributed by atoms with E-state index in [9.17, 15) is 18.8 Å². The Morgan fingerprint density at radius 1 is 1.25 bits per heavy atom. The largest absolute Gasteiger partial charge is 0.452 e. The Kier molecular flexibility index (Phi) is 8.49. The van der Waals surface area contributed by atoms with Crippen molar-refractivity contribution in [3.63, 3.8) is 0 Å². The molecule has 0 saturated heterocycles. The minimum absolute atomic E-state index is 0.0637. The molecule has 1 aromatic carbocycles. The van der Waals surface area contributed by atoms with E-state index in [4.69, 9.17) is 16.3 Å². The lowest BCUT2D eigenvalue weighted by Gasteiger charge is -2.06. The van der Waals surface area contributed by atoms with Crippen LogP contribution in [-0.2, 0) is 19.1 Å². The average Bonchev–Trinajstić information content (AvgIpc) is 2.57. The number of ether oxygens (including phenoxy) is 1. The van der Waals surface area contributed by atoms with Gasteiger partial charge in [-0.25, -0.2) is 9.18 Å². The van der Waals surface area contributed by atoms with E-state index >= 15 is 0 Å². The molecule has 0 heterocycles. The van der Waals surface area contributed by atoms with E-state index in [-0.39, 0.29) is 17.5 Å². The molecule has 0 fully saturated rings. The van der Waals surface area contributed by atoms with Crippen molar-refractivity contribution in [3.05, 3.63) is 40.7 Å². The average molecular weight is 357 g/mol. The maximum Gasteiger partial charge on any atom is 0.331 e. The molecule has 1 rings (SSSR count). The predicted molar refractivity (Wildman–Crippen MR) is 87.7 cm³/mol. The summed E-state index contributed by atoms with van der Waals surface area (Å²) in [4.78, 5) is 34.2. The quantitative estimate of drug-likeness (QED) is 0.548. The lowest BCUT2D eigenvalue weighted by molar-refractivity contribution is -0.143. The van der Waals surface area contributed by atoms with Gasteiger partial charge in [0.2, 0.25) is 5.91 Å². The Morgan fingerprint density at radius 2 is 2.00 bits per heavy atom. The van der Waals surface area contributed by atoms with Crippen molar-refractivity contribution in [2.45, 2.75) is 13.3 Å². The molecular weight excluding hydrogens is 339 g/mol. The summed E-state index contributed by atoms with van der Waals surface area (Å²) >= 11 is 5.61. The van der Waals surface area contributed by atoms with E-state index in [1.54, 1.807) is 0 Å². The molecule has 0 unspecified atom stereocenters. The van der Waals surface area contributed by atoms with Gasteiger partial charge in [0, 0.05) is 12.6 Å². The molecule has 24 heavy (non-hydrogen) atoms. The highest BCUT2D eigenvalue weighted by molar-refractivity contribution is 6.30.